The number of hydrogen-bond acceptors (Lipinski definition) is 6. The molecule has 0 radical (unpaired) electrons. The van der Waals surface area contributed by atoms with Crippen LogP contribution >= 0.6 is 24.0 Å². The second kappa shape index (κ2) is 7.34. The van der Waals surface area contributed by atoms with Gasteiger partial charge < -0.3 is 10.4 Å². The zero-order chi connectivity index (χ0) is 19.8. The minimum Gasteiger partial charge on any atom is -0.507 e. The molecule has 0 aromatic heterocycles. The first-order valence-corrected chi connectivity index (χ1v) is 9.45. The fraction of sp³-hybridized carbons (Fsp3) is 0.278. The molecule has 0 saturated carbocycles. The van der Waals surface area contributed by atoms with E-state index in [-0.39, 0.29) is 5.75 Å². The molecule has 1 saturated heterocycles. The van der Waals surface area contributed by atoms with Crippen LogP contribution in [0.5, 0.6) is 5.75 Å². The van der Waals surface area contributed by atoms with Gasteiger partial charge in [0.25, 0.3) is 0 Å². The van der Waals surface area contributed by atoms with Crippen molar-refractivity contribution in [3.63, 3.8) is 0 Å². The minimum absolute atomic E-state index is 0.0817. The summed E-state index contributed by atoms with van der Waals surface area (Å²) in [4.78, 5) is 11.9. The number of carbonyl (C=O) groups is 1. The highest BCUT2D eigenvalue weighted by Gasteiger charge is 2.49. The Hall–Kier alpha value is -2.36. The van der Waals surface area contributed by atoms with Crippen molar-refractivity contribution in [3.8, 4) is 5.75 Å². The molecule has 2 aromatic rings. The Kier molecular flexibility index (Phi) is 5.27. The topological polar surface area (TPSA) is 88.4 Å². The number of hydrazone groups is 1. The number of urea groups is 1. The lowest BCUT2D eigenvalue weighted by Gasteiger charge is -2.33. The van der Waals surface area contributed by atoms with E-state index < -0.39 is 16.9 Å². The summed E-state index contributed by atoms with van der Waals surface area (Å²) in [5, 5.41) is 31.2. The third kappa shape index (κ3) is 3.58. The molecule has 1 aliphatic heterocycles. The van der Waals surface area contributed by atoms with E-state index in [0.29, 0.717) is 14.9 Å². The molecule has 1 atom stereocenters. The maximum atomic E-state index is 11.9. The summed E-state index contributed by atoms with van der Waals surface area (Å²) in [5.41, 5.74) is 0.536. The van der Waals surface area contributed by atoms with E-state index in [4.69, 9.17) is 12.2 Å². The van der Waals surface area contributed by atoms with Gasteiger partial charge in [0.05, 0.1) is 11.0 Å². The number of amides is 2. The Bertz CT molecular complexity index is 932. The van der Waals surface area contributed by atoms with Crippen LogP contribution in [0.25, 0.3) is 10.8 Å². The normalized spacial score (nSPS) is 19.0. The lowest BCUT2D eigenvalue weighted by molar-refractivity contribution is -0.117. The predicted octanol–water partition coefficient (Wildman–Crippen LogP) is 3.35. The van der Waals surface area contributed by atoms with Gasteiger partial charge in [0.1, 0.15) is 5.75 Å². The molecule has 9 heteroatoms. The van der Waals surface area contributed by atoms with Crippen molar-refractivity contribution in [3.05, 3.63) is 42.0 Å². The smallest absolute Gasteiger partial charge is 0.343 e. The molecule has 2 amide bonds. The molecule has 3 N–H and O–H groups in total. The Morgan fingerprint density at radius 1 is 1.37 bits per heavy atom. The summed E-state index contributed by atoms with van der Waals surface area (Å²) in [6.45, 7) is 3.73. The molecule has 0 spiro atoms. The quantitative estimate of drug-likeness (QED) is 0.315. The lowest BCUT2D eigenvalue weighted by atomic mass is 10.0. The molecule has 2 aromatic carbocycles. The Morgan fingerprint density at radius 2 is 2.07 bits per heavy atom. The number of aromatic hydroxyl groups is 1. The SMILES string of the molecule is CNC(=O)N(O)C1N(/N=C/c2c(O)ccc3ccccc23)C(=S)SC1(C)C. The van der Waals surface area contributed by atoms with E-state index in [1.54, 1.807) is 6.07 Å². The fourth-order valence-corrected chi connectivity index (χ4v) is 4.78. The van der Waals surface area contributed by atoms with Gasteiger partial charge in [0, 0.05) is 12.6 Å². The largest absolute Gasteiger partial charge is 0.507 e. The van der Waals surface area contributed by atoms with Gasteiger partial charge in [-0.05, 0) is 30.7 Å². The molecule has 0 aliphatic carbocycles. The molecule has 7 nitrogen and oxygen atoms in total. The van der Waals surface area contributed by atoms with E-state index in [1.165, 1.54) is 30.0 Å². The van der Waals surface area contributed by atoms with Gasteiger partial charge in [-0.15, -0.1) is 0 Å². The number of phenols is 1. The van der Waals surface area contributed by atoms with Gasteiger partial charge in [-0.25, -0.2) is 9.80 Å². The first kappa shape index (κ1) is 19.4. The molecule has 1 heterocycles. The van der Waals surface area contributed by atoms with Crippen LogP contribution in [-0.4, -0.2) is 54.9 Å². The molecule has 1 fully saturated rings. The van der Waals surface area contributed by atoms with Crippen LogP contribution in [0, 0.1) is 0 Å². The maximum Gasteiger partial charge on any atom is 0.343 e. The molecule has 3 rings (SSSR count). The predicted molar refractivity (Wildman–Crippen MR) is 111 cm³/mol. The van der Waals surface area contributed by atoms with Gasteiger partial charge in [0.2, 0.25) is 0 Å². The van der Waals surface area contributed by atoms with Crippen LogP contribution in [-0.2, 0) is 0 Å². The summed E-state index contributed by atoms with van der Waals surface area (Å²) < 4.78 is -0.167. The second-order valence-electron chi connectivity index (χ2n) is 6.55. The average Bonchev–Trinajstić information content (AvgIpc) is 2.87. The van der Waals surface area contributed by atoms with Crippen molar-refractivity contribution in [2.75, 3.05) is 7.05 Å². The zero-order valence-corrected chi connectivity index (χ0v) is 16.7. The average molecular weight is 405 g/mol. The Morgan fingerprint density at radius 3 is 2.78 bits per heavy atom. The van der Waals surface area contributed by atoms with Crippen LogP contribution in [0.2, 0.25) is 0 Å². The van der Waals surface area contributed by atoms with Crippen LogP contribution in [0.3, 0.4) is 0 Å². The molecule has 142 valence electrons. The summed E-state index contributed by atoms with van der Waals surface area (Å²) >= 11 is 6.73. The number of fused-ring (bicyclic) bond motifs is 1. The highest BCUT2D eigenvalue weighted by Crippen LogP contribution is 2.42. The number of phenolic OH excluding ortho intramolecular Hbond substituents is 1. The summed E-state index contributed by atoms with van der Waals surface area (Å²) in [6.07, 6.45) is 0.694. The van der Waals surface area contributed by atoms with E-state index in [0.717, 1.165) is 10.8 Å². The van der Waals surface area contributed by atoms with E-state index in [1.807, 2.05) is 44.2 Å². The third-order valence-electron chi connectivity index (χ3n) is 4.30. The summed E-state index contributed by atoms with van der Waals surface area (Å²) in [5.74, 6) is 0.0817. The van der Waals surface area contributed by atoms with Gasteiger partial charge in [-0.3, -0.25) is 5.21 Å². The number of rotatable bonds is 3. The second-order valence-corrected chi connectivity index (χ2v) is 8.84. The van der Waals surface area contributed by atoms with E-state index >= 15 is 0 Å². The van der Waals surface area contributed by atoms with Crippen molar-refractivity contribution in [1.82, 2.24) is 15.4 Å². The van der Waals surface area contributed by atoms with Gasteiger partial charge in [0.15, 0.2) is 10.5 Å². The van der Waals surface area contributed by atoms with Crippen LogP contribution in [0.4, 0.5) is 4.79 Å². The minimum atomic E-state index is -0.802. The first-order valence-electron chi connectivity index (χ1n) is 8.23. The van der Waals surface area contributed by atoms with Gasteiger partial charge in [-0.2, -0.15) is 10.2 Å². The maximum absolute atomic E-state index is 11.9. The third-order valence-corrected chi connectivity index (χ3v) is 5.84. The standard InChI is InChI=1S/C18H20N4O3S2/c1-18(2)15(22(25)16(24)19-3)21(17(26)27-18)20-10-13-12-7-5-4-6-11(12)8-9-14(13)23/h4-10,15,23,25H,1-3H3,(H,19,24)/b20-10+. The summed E-state index contributed by atoms with van der Waals surface area (Å²) in [6, 6.07) is 10.4. The first-order chi connectivity index (χ1) is 12.8. The van der Waals surface area contributed by atoms with Crippen LogP contribution in [0.15, 0.2) is 41.5 Å². The number of benzene rings is 2. The Balaban J connectivity index is 2.01. The van der Waals surface area contributed by atoms with Crippen molar-refractivity contribution in [2.24, 2.45) is 5.10 Å². The van der Waals surface area contributed by atoms with Crippen molar-refractivity contribution in [1.29, 1.82) is 0 Å². The number of hydroxylamine groups is 2. The number of carbonyl (C=O) groups excluding carboxylic acids is 1. The molecular formula is C18H20N4O3S2. The highest BCUT2D eigenvalue weighted by molar-refractivity contribution is 8.24. The monoisotopic (exact) mass is 404 g/mol. The number of nitrogens with one attached hydrogen (secondary N) is 1. The molecule has 1 unspecified atom stereocenters. The number of thiocarbonyl (C=S) groups is 1. The summed E-state index contributed by atoms with van der Waals surface area (Å²) in [7, 11) is 1.43. The van der Waals surface area contributed by atoms with E-state index in [2.05, 4.69) is 10.4 Å². The van der Waals surface area contributed by atoms with Crippen molar-refractivity contribution < 1.29 is 15.1 Å². The van der Waals surface area contributed by atoms with Crippen LogP contribution < -0.4 is 5.32 Å². The highest BCUT2D eigenvalue weighted by atomic mass is 32.2. The lowest BCUT2D eigenvalue weighted by Crippen LogP contribution is -2.55. The zero-order valence-electron chi connectivity index (χ0n) is 15.1. The molecule has 0 bridgehead atoms. The number of hydrogen-bond donors (Lipinski definition) is 3. The van der Waals surface area contributed by atoms with Crippen LogP contribution in [0.1, 0.15) is 19.4 Å². The van der Waals surface area contributed by atoms with Crippen molar-refractivity contribution in [2.45, 2.75) is 24.8 Å². The number of nitrogens with zero attached hydrogens (tertiary/aromatic N) is 3. The Labute approximate surface area is 166 Å². The van der Waals surface area contributed by atoms with Gasteiger partial charge >= 0.3 is 6.03 Å². The van der Waals surface area contributed by atoms with E-state index in [9.17, 15) is 15.1 Å². The fourth-order valence-electron chi connectivity index (χ4n) is 2.99. The van der Waals surface area contributed by atoms with Crippen molar-refractivity contribution >= 4 is 51.3 Å². The number of thioether (sulfide) groups is 1. The molecular weight excluding hydrogens is 384 g/mol. The molecule has 1 aliphatic rings. The molecule has 27 heavy (non-hydrogen) atoms. The van der Waals surface area contributed by atoms with Gasteiger partial charge in [-0.1, -0.05) is 54.3 Å².